The van der Waals surface area contributed by atoms with Gasteiger partial charge in [-0.2, -0.15) is 0 Å². The molecule has 0 aromatic heterocycles. The van der Waals surface area contributed by atoms with E-state index in [1.807, 2.05) is 0 Å². The van der Waals surface area contributed by atoms with Gasteiger partial charge in [0, 0.05) is 0 Å². The Bertz CT molecular complexity index is 89.4. The van der Waals surface area contributed by atoms with Crippen LogP contribution < -0.4 is 5.32 Å². The monoisotopic (exact) mass is 230 g/mol. The first kappa shape index (κ1) is 18.3. The van der Waals surface area contributed by atoms with Crippen molar-refractivity contribution in [1.82, 2.24) is 10.2 Å². The van der Waals surface area contributed by atoms with Gasteiger partial charge in [-0.1, -0.05) is 53.9 Å². The highest BCUT2D eigenvalue weighted by molar-refractivity contribution is 4.44. The number of hydrogen-bond acceptors (Lipinski definition) is 2. The molecule has 0 saturated carbocycles. The van der Waals surface area contributed by atoms with Gasteiger partial charge in [0.15, 0.2) is 0 Å². The molecule has 0 spiro atoms. The van der Waals surface area contributed by atoms with Gasteiger partial charge in [0.05, 0.1) is 0 Å². The van der Waals surface area contributed by atoms with Gasteiger partial charge in [0.25, 0.3) is 0 Å². The molecule has 0 rings (SSSR count). The van der Waals surface area contributed by atoms with Crippen molar-refractivity contribution in [1.29, 1.82) is 0 Å². The Kier molecular flexibility index (Phi) is 19.8. The molecule has 1 N–H and O–H groups in total. The van der Waals surface area contributed by atoms with Crippen LogP contribution in [0.3, 0.4) is 0 Å². The van der Waals surface area contributed by atoms with Crippen LogP contribution in [0, 0.1) is 0 Å². The average Bonchev–Trinajstić information content (AvgIpc) is 2.32. The van der Waals surface area contributed by atoms with E-state index in [-0.39, 0.29) is 0 Å². The van der Waals surface area contributed by atoms with E-state index in [2.05, 4.69) is 44.8 Å². The van der Waals surface area contributed by atoms with Crippen molar-refractivity contribution in [3.63, 3.8) is 0 Å². The Labute approximate surface area is 104 Å². The molecule has 0 aromatic carbocycles. The van der Waals surface area contributed by atoms with Crippen molar-refractivity contribution >= 4 is 0 Å². The fraction of sp³-hybridized carbons (Fsp3) is 1.00. The van der Waals surface area contributed by atoms with Crippen LogP contribution in [0.25, 0.3) is 0 Å². The Morgan fingerprint density at radius 2 is 1.31 bits per heavy atom. The predicted octanol–water partition coefficient (Wildman–Crippen LogP) is 3.52. The molecule has 100 valence electrons. The minimum atomic E-state index is 1.12. The summed E-state index contributed by atoms with van der Waals surface area (Å²) in [4.78, 5) is 2.38. The standard InChI is InChI=1S/C8H19N.C6H15N/c1-3-5-6-7-8-9-4-2;1-4-7(5-2)6-3/h9H,3-8H2,1-2H3;4-6H2,1-3H3. The second-order valence-corrected chi connectivity index (χ2v) is 4.03. The second kappa shape index (κ2) is 17.3. The SMILES string of the molecule is CCCCCCNCC.CCN(CC)CC. The summed E-state index contributed by atoms with van der Waals surface area (Å²) in [7, 11) is 0. The van der Waals surface area contributed by atoms with Crippen molar-refractivity contribution in [2.75, 3.05) is 32.7 Å². The van der Waals surface area contributed by atoms with Gasteiger partial charge in [-0.15, -0.1) is 0 Å². The highest BCUT2D eigenvalue weighted by atomic mass is 15.1. The molecule has 0 aliphatic heterocycles. The Morgan fingerprint density at radius 3 is 1.62 bits per heavy atom. The molecule has 2 nitrogen and oxygen atoms in total. The molecule has 0 bridgehead atoms. The summed E-state index contributed by atoms with van der Waals surface area (Å²) in [6.45, 7) is 16.8. The lowest BCUT2D eigenvalue weighted by atomic mass is 10.2. The molecule has 16 heavy (non-hydrogen) atoms. The number of rotatable bonds is 9. The summed E-state index contributed by atoms with van der Waals surface area (Å²) >= 11 is 0. The van der Waals surface area contributed by atoms with Crippen molar-refractivity contribution in [2.45, 2.75) is 60.3 Å². The maximum Gasteiger partial charge on any atom is -0.00474 e. The van der Waals surface area contributed by atoms with Crippen molar-refractivity contribution in [3.8, 4) is 0 Å². The van der Waals surface area contributed by atoms with Gasteiger partial charge < -0.3 is 10.2 Å². The largest absolute Gasteiger partial charge is 0.317 e. The molecule has 0 aliphatic rings. The molecule has 0 saturated heterocycles. The van der Waals surface area contributed by atoms with Crippen LogP contribution in [-0.4, -0.2) is 37.6 Å². The zero-order valence-electron chi connectivity index (χ0n) is 12.3. The Balaban J connectivity index is 0. The van der Waals surface area contributed by atoms with Crippen LogP contribution in [0.1, 0.15) is 60.3 Å². The number of unbranched alkanes of at least 4 members (excludes halogenated alkanes) is 3. The van der Waals surface area contributed by atoms with Crippen LogP contribution in [-0.2, 0) is 0 Å². The maximum atomic E-state index is 3.31. The van der Waals surface area contributed by atoms with Crippen LogP contribution in [0.4, 0.5) is 0 Å². The maximum absolute atomic E-state index is 3.31. The fourth-order valence-corrected chi connectivity index (χ4v) is 1.52. The molecule has 0 aliphatic carbocycles. The van der Waals surface area contributed by atoms with E-state index in [1.54, 1.807) is 0 Å². The van der Waals surface area contributed by atoms with Gasteiger partial charge >= 0.3 is 0 Å². The molecule has 0 unspecified atom stereocenters. The number of nitrogens with one attached hydrogen (secondary N) is 1. The average molecular weight is 230 g/mol. The zero-order chi connectivity index (χ0) is 12.6. The van der Waals surface area contributed by atoms with Crippen molar-refractivity contribution in [3.05, 3.63) is 0 Å². The smallest absolute Gasteiger partial charge is 0.00474 e. The third-order valence-corrected chi connectivity index (χ3v) is 2.80. The summed E-state index contributed by atoms with van der Waals surface area (Å²) in [6.07, 6.45) is 5.47. The van der Waals surface area contributed by atoms with E-state index in [4.69, 9.17) is 0 Å². The van der Waals surface area contributed by atoms with E-state index in [0.717, 1.165) is 6.54 Å². The normalized spacial score (nSPS) is 10.1. The molecular weight excluding hydrogens is 196 g/mol. The minimum Gasteiger partial charge on any atom is -0.317 e. The van der Waals surface area contributed by atoms with Crippen molar-refractivity contribution in [2.24, 2.45) is 0 Å². The van der Waals surface area contributed by atoms with E-state index >= 15 is 0 Å². The third kappa shape index (κ3) is 16.4. The summed E-state index contributed by atoms with van der Waals surface area (Å²) in [5.41, 5.74) is 0. The summed E-state index contributed by atoms with van der Waals surface area (Å²) in [5, 5.41) is 3.31. The highest BCUT2D eigenvalue weighted by Crippen LogP contribution is 1.96. The summed E-state index contributed by atoms with van der Waals surface area (Å²) < 4.78 is 0. The molecule has 0 atom stereocenters. The number of nitrogens with zero attached hydrogens (tertiary/aromatic N) is 1. The minimum absolute atomic E-state index is 1.12. The predicted molar refractivity (Wildman–Crippen MR) is 76.1 cm³/mol. The topological polar surface area (TPSA) is 15.3 Å². The summed E-state index contributed by atoms with van der Waals surface area (Å²) in [6, 6.07) is 0. The van der Waals surface area contributed by atoms with E-state index < -0.39 is 0 Å². The first-order valence-electron chi connectivity index (χ1n) is 7.19. The van der Waals surface area contributed by atoms with Crippen LogP contribution in [0.2, 0.25) is 0 Å². The van der Waals surface area contributed by atoms with E-state index in [0.29, 0.717) is 0 Å². The molecule has 0 fully saturated rings. The van der Waals surface area contributed by atoms with Gasteiger partial charge in [0.1, 0.15) is 0 Å². The van der Waals surface area contributed by atoms with Crippen LogP contribution in [0.5, 0.6) is 0 Å². The second-order valence-electron chi connectivity index (χ2n) is 4.03. The lowest BCUT2D eigenvalue weighted by Gasteiger charge is -2.13. The lowest BCUT2D eigenvalue weighted by molar-refractivity contribution is 0.321. The lowest BCUT2D eigenvalue weighted by Crippen LogP contribution is -2.21. The first-order valence-corrected chi connectivity index (χ1v) is 7.19. The molecule has 0 radical (unpaired) electrons. The van der Waals surface area contributed by atoms with Crippen LogP contribution >= 0.6 is 0 Å². The fourth-order valence-electron chi connectivity index (χ4n) is 1.52. The molecular formula is C14H34N2. The number of hydrogen-bond donors (Lipinski definition) is 1. The highest BCUT2D eigenvalue weighted by Gasteiger charge is 1.89. The summed E-state index contributed by atoms with van der Waals surface area (Å²) in [5.74, 6) is 0. The van der Waals surface area contributed by atoms with Crippen molar-refractivity contribution < 1.29 is 0 Å². The van der Waals surface area contributed by atoms with Gasteiger partial charge in [-0.25, -0.2) is 0 Å². The Hall–Kier alpha value is -0.0800. The quantitative estimate of drug-likeness (QED) is 0.610. The van der Waals surface area contributed by atoms with Gasteiger partial charge in [-0.3, -0.25) is 0 Å². The first-order chi connectivity index (χ1) is 7.76. The molecule has 0 heterocycles. The third-order valence-electron chi connectivity index (χ3n) is 2.80. The Morgan fingerprint density at radius 1 is 0.750 bits per heavy atom. The molecule has 0 amide bonds. The molecule has 0 aromatic rings. The van der Waals surface area contributed by atoms with E-state index in [1.165, 1.54) is 51.9 Å². The molecule has 2 heteroatoms. The zero-order valence-corrected chi connectivity index (χ0v) is 12.3. The van der Waals surface area contributed by atoms with Crippen LogP contribution in [0.15, 0.2) is 0 Å². The van der Waals surface area contributed by atoms with E-state index in [9.17, 15) is 0 Å². The van der Waals surface area contributed by atoms with Gasteiger partial charge in [0.2, 0.25) is 0 Å². The van der Waals surface area contributed by atoms with Gasteiger partial charge in [-0.05, 0) is 39.1 Å².